The minimum atomic E-state index is -4.68. The lowest BCUT2D eigenvalue weighted by molar-refractivity contribution is -0.129. The lowest BCUT2D eigenvalue weighted by Crippen LogP contribution is -2.46. The Kier molecular flexibility index (Phi) is 9.14. The topological polar surface area (TPSA) is 129 Å². The quantitative estimate of drug-likeness (QED) is 0.307. The minimum absolute atomic E-state index is 0.0560. The van der Waals surface area contributed by atoms with E-state index >= 15 is 0 Å². The Hall–Kier alpha value is -3.30. The van der Waals surface area contributed by atoms with Gasteiger partial charge < -0.3 is 15.3 Å². The van der Waals surface area contributed by atoms with Gasteiger partial charge in [-0.1, -0.05) is 6.07 Å². The maximum Gasteiger partial charge on any atom is 0.390 e. The molecule has 1 aromatic carbocycles. The molecule has 3 N–H and O–H groups in total. The molecule has 0 radical (unpaired) electrons. The van der Waals surface area contributed by atoms with Crippen molar-refractivity contribution in [2.75, 3.05) is 29.9 Å². The summed E-state index contributed by atoms with van der Waals surface area (Å²) < 4.78 is 79.5. The Bertz CT molecular complexity index is 1610. The Morgan fingerprint density at radius 1 is 1.19 bits per heavy atom. The summed E-state index contributed by atoms with van der Waals surface area (Å²) in [5.41, 5.74) is -0.401. The maximum atomic E-state index is 14.9. The van der Waals surface area contributed by atoms with Gasteiger partial charge in [0.25, 0.3) is 5.56 Å². The molecule has 1 saturated carbocycles. The first-order valence-electron chi connectivity index (χ1n) is 13.4. The number of fused-ring (bicyclic) bond motifs is 1. The van der Waals surface area contributed by atoms with E-state index in [-0.39, 0.29) is 29.3 Å². The van der Waals surface area contributed by atoms with Crippen molar-refractivity contribution in [3.63, 3.8) is 0 Å². The fraction of sp³-hybridized carbons (Fsp3) is 0.519. The second kappa shape index (κ2) is 12.1. The van der Waals surface area contributed by atoms with Crippen molar-refractivity contribution in [2.45, 2.75) is 69.9 Å². The van der Waals surface area contributed by atoms with Crippen molar-refractivity contribution in [1.82, 2.24) is 19.4 Å². The van der Waals surface area contributed by atoms with Gasteiger partial charge in [-0.2, -0.15) is 18.2 Å². The first-order chi connectivity index (χ1) is 19.5. The molecule has 1 unspecified atom stereocenters. The Morgan fingerprint density at radius 3 is 2.50 bits per heavy atom. The summed E-state index contributed by atoms with van der Waals surface area (Å²) >= 11 is 0. The molecule has 1 aliphatic rings. The highest BCUT2D eigenvalue weighted by atomic mass is 32.2. The van der Waals surface area contributed by atoms with Crippen molar-refractivity contribution in [1.29, 1.82) is 0 Å². The fourth-order valence-corrected chi connectivity index (χ4v) is 6.26. The van der Waals surface area contributed by atoms with Crippen LogP contribution in [0.5, 0.6) is 0 Å². The third kappa shape index (κ3) is 7.36. The largest absolute Gasteiger partial charge is 0.391 e. The van der Waals surface area contributed by atoms with Gasteiger partial charge in [0.15, 0.2) is 0 Å². The van der Waals surface area contributed by atoms with Crippen LogP contribution in [-0.2, 0) is 10.0 Å². The molecule has 2 aromatic heterocycles. The summed E-state index contributed by atoms with van der Waals surface area (Å²) in [5, 5.41) is 14.3. The van der Waals surface area contributed by atoms with Crippen LogP contribution < -0.4 is 15.6 Å². The number of aliphatic hydroxyl groups is 1. The van der Waals surface area contributed by atoms with Gasteiger partial charge in [0.2, 0.25) is 16.0 Å². The van der Waals surface area contributed by atoms with Crippen molar-refractivity contribution in [3.05, 3.63) is 46.6 Å². The predicted octanol–water partition coefficient (Wildman–Crippen LogP) is 4.13. The molecular formula is C27H34F4N6O4S. The van der Waals surface area contributed by atoms with Crippen molar-refractivity contribution < 1.29 is 31.1 Å². The third-order valence-electron chi connectivity index (χ3n) is 7.27. The lowest BCUT2D eigenvalue weighted by atomic mass is 9.88. The molecule has 230 valence electrons. The first kappa shape index (κ1) is 31.6. The monoisotopic (exact) mass is 614 g/mol. The molecule has 0 spiro atoms. The van der Waals surface area contributed by atoms with Gasteiger partial charge in [-0.05, 0) is 71.0 Å². The third-order valence-corrected chi connectivity index (χ3v) is 8.54. The second-order valence-corrected chi connectivity index (χ2v) is 12.9. The smallest absolute Gasteiger partial charge is 0.390 e. The van der Waals surface area contributed by atoms with Gasteiger partial charge in [-0.3, -0.25) is 14.1 Å². The summed E-state index contributed by atoms with van der Waals surface area (Å²) in [6.07, 6.45) is -3.12. The number of nitrogens with one attached hydrogen (secondary N) is 2. The highest BCUT2D eigenvalue weighted by Crippen LogP contribution is 2.28. The number of sulfonamides is 1. The molecule has 0 amide bonds. The Labute approximate surface area is 240 Å². The molecule has 10 nitrogen and oxygen atoms in total. The second-order valence-electron chi connectivity index (χ2n) is 11.0. The summed E-state index contributed by atoms with van der Waals surface area (Å²) in [6.45, 7) is 3.58. The van der Waals surface area contributed by atoms with Crippen LogP contribution in [0.4, 0.5) is 29.2 Å². The number of alkyl halides is 3. The molecule has 1 fully saturated rings. The number of hydrogen-bond donors (Lipinski definition) is 3. The van der Waals surface area contributed by atoms with E-state index in [9.17, 15) is 35.9 Å². The number of anilines is 2. The van der Waals surface area contributed by atoms with Crippen LogP contribution in [0.15, 0.2) is 35.3 Å². The summed E-state index contributed by atoms with van der Waals surface area (Å²) in [4.78, 5) is 24.6. The molecule has 2 heterocycles. The maximum absolute atomic E-state index is 14.9. The van der Waals surface area contributed by atoms with Gasteiger partial charge in [0.05, 0.1) is 24.0 Å². The molecule has 0 bridgehead atoms. The zero-order valence-corrected chi connectivity index (χ0v) is 24.4. The zero-order valence-electron chi connectivity index (χ0n) is 23.6. The van der Waals surface area contributed by atoms with Crippen molar-refractivity contribution in [2.24, 2.45) is 0 Å². The average molecular weight is 615 g/mol. The highest BCUT2D eigenvalue weighted by molar-refractivity contribution is 7.92. The van der Waals surface area contributed by atoms with E-state index in [2.05, 4.69) is 15.3 Å². The number of hydrogen-bond acceptors (Lipinski definition) is 8. The Balaban J connectivity index is 1.62. The lowest BCUT2D eigenvalue weighted by Gasteiger charge is -2.37. The average Bonchev–Trinajstić information content (AvgIpc) is 2.87. The van der Waals surface area contributed by atoms with E-state index in [4.69, 9.17) is 0 Å². The van der Waals surface area contributed by atoms with E-state index in [1.54, 1.807) is 13.8 Å². The van der Waals surface area contributed by atoms with E-state index < -0.39 is 51.5 Å². The first-order valence-corrected chi connectivity index (χ1v) is 15.1. The number of pyridine rings is 1. The van der Waals surface area contributed by atoms with Gasteiger partial charge in [0, 0.05) is 35.3 Å². The number of likely N-dealkylation sites (N-methyl/N-ethyl adjacent to an activating group) is 1. The highest BCUT2D eigenvalue weighted by Gasteiger charge is 2.31. The van der Waals surface area contributed by atoms with Gasteiger partial charge in [-0.15, -0.1) is 0 Å². The number of benzene rings is 1. The van der Waals surface area contributed by atoms with Crippen LogP contribution in [0.2, 0.25) is 0 Å². The molecule has 1 aliphatic carbocycles. The normalized spacial score (nSPS) is 19.9. The molecule has 3 aromatic rings. The van der Waals surface area contributed by atoms with Crippen LogP contribution in [0.3, 0.4) is 0 Å². The SMILES string of the molecule is CC(C)n1c(=O)c(-c2ccc(NS(=O)(=O)CCC(F)(F)F)c(F)c2)cc2cnc(N[C@H]3CCC(N(C)C)[C@@H](O)C3)nc21. The number of nitrogens with zero attached hydrogens (tertiary/aromatic N) is 4. The molecule has 42 heavy (non-hydrogen) atoms. The summed E-state index contributed by atoms with van der Waals surface area (Å²) in [5.74, 6) is -2.01. The van der Waals surface area contributed by atoms with Crippen LogP contribution in [0.25, 0.3) is 22.2 Å². The summed E-state index contributed by atoms with van der Waals surface area (Å²) in [7, 11) is -0.600. The van der Waals surface area contributed by atoms with Crippen LogP contribution in [-0.4, -0.2) is 77.2 Å². The van der Waals surface area contributed by atoms with Gasteiger partial charge in [-0.25, -0.2) is 17.8 Å². The number of halogens is 4. The van der Waals surface area contributed by atoms with Crippen LogP contribution >= 0.6 is 0 Å². The molecule has 4 rings (SSSR count). The van der Waals surface area contributed by atoms with E-state index in [0.29, 0.717) is 23.4 Å². The molecule has 0 aliphatic heterocycles. The molecular weight excluding hydrogens is 580 g/mol. The fourth-order valence-electron chi connectivity index (χ4n) is 5.16. The Morgan fingerprint density at radius 2 is 1.90 bits per heavy atom. The van der Waals surface area contributed by atoms with Gasteiger partial charge in [0.1, 0.15) is 11.5 Å². The standard InChI is InChI=1S/C27H34F4N6O4S/c1-15(2)37-24-17(14-32-26(34-24)33-18-6-8-22(36(3)4)23(38)13-18)11-19(25(37)39)16-5-7-21(20(28)12-16)35-42(40,41)10-9-27(29,30)31/h5,7,11-12,14-15,18,22-23,35,38H,6,8-10,13H2,1-4H3,(H,32,33,34)/t18-,22?,23-/m0/s1. The van der Waals surface area contributed by atoms with E-state index in [1.807, 2.05) is 23.7 Å². The van der Waals surface area contributed by atoms with Crippen LogP contribution in [0, 0.1) is 5.82 Å². The number of aromatic nitrogens is 3. The number of aliphatic hydroxyl groups excluding tert-OH is 1. The molecule has 15 heteroatoms. The predicted molar refractivity (Wildman–Crippen MR) is 152 cm³/mol. The minimum Gasteiger partial charge on any atom is -0.391 e. The molecule has 3 atom stereocenters. The van der Waals surface area contributed by atoms with E-state index in [0.717, 1.165) is 25.0 Å². The van der Waals surface area contributed by atoms with Crippen molar-refractivity contribution in [3.8, 4) is 11.1 Å². The van der Waals surface area contributed by atoms with E-state index in [1.165, 1.54) is 22.9 Å². The number of rotatable bonds is 9. The molecule has 0 saturated heterocycles. The van der Waals surface area contributed by atoms with Gasteiger partial charge >= 0.3 is 6.18 Å². The van der Waals surface area contributed by atoms with Crippen LogP contribution in [0.1, 0.15) is 45.6 Å². The van der Waals surface area contributed by atoms with Crippen molar-refractivity contribution >= 4 is 32.7 Å². The zero-order chi connectivity index (χ0) is 31.0. The summed E-state index contributed by atoms with van der Waals surface area (Å²) in [6, 6.07) is 4.49.